The number of nitrogens with zero attached hydrogens (tertiary/aromatic N) is 1. The second kappa shape index (κ2) is 7.24. The fourth-order valence-electron chi connectivity index (χ4n) is 2.04. The van der Waals surface area contributed by atoms with Gasteiger partial charge in [0.1, 0.15) is 6.61 Å². The molecular weight excluding hydrogens is 274 g/mol. The zero-order valence-corrected chi connectivity index (χ0v) is 12.7. The topological polar surface area (TPSA) is 50.1 Å². The summed E-state index contributed by atoms with van der Waals surface area (Å²) >= 11 is 0. The molecule has 3 heteroatoms. The molecule has 0 fully saturated rings. The first-order valence-corrected chi connectivity index (χ1v) is 7.00. The molecule has 0 bridgehead atoms. The van der Waals surface area contributed by atoms with Crippen molar-refractivity contribution in [2.45, 2.75) is 20.5 Å². The summed E-state index contributed by atoms with van der Waals surface area (Å²) in [4.78, 5) is 11.5. The molecule has 0 aliphatic carbocycles. The van der Waals surface area contributed by atoms with E-state index in [4.69, 9.17) is 10.00 Å². The van der Waals surface area contributed by atoms with E-state index in [2.05, 4.69) is 6.07 Å². The van der Waals surface area contributed by atoms with Crippen LogP contribution in [0.15, 0.2) is 60.2 Å². The van der Waals surface area contributed by atoms with Gasteiger partial charge in [0.15, 0.2) is 0 Å². The summed E-state index contributed by atoms with van der Waals surface area (Å²) in [7, 11) is 0. The summed E-state index contributed by atoms with van der Waals surface area (Å²) in [6, 6.07) is 17.3. The van der Waals surface area contributed by atoms with Gasteiger partial charge < -0.3 is 4.74 Å². The van der Waals surface area contributed by atoms with Crippen molar-refractivity contribution in [3.05, 3.63) is 71.3 Å². The molecule has 2 rings (SSSR count). The fourth-order valence-corrected chi connectivity index (χ4v) is 2.04. The molecule has 0 aromatic heterocycles. The lowest BCUT2D eigenvalue weighted by atomic mass is 9.99. The van der Waals surface area contributed by atoms with E-state index in [0.29, 0.717) is 5.56 Å². The molecule has 0 amide bonds. The minimum atomic E-state index is -0.334. The quantitative estimate of drug-likeness (QED) is 0.625. The molecule has 0 unspecified atom stereocenters. The lowest BCUT2D eigenvalue weighted by molar-refractivity contribution is -0.139. The Hall–Kier alpha value is -2.86. The molecule has 0 atom stereocenters. The van der Waals surface area contributed by atoms with Gasteiger partial charge in [-0.15, -0.1) is 0 Å². The normalized spacial score (nSPS) is 9.68. The third-order valence-electron chi connectivity index (χ3n) is 3.10. The first kappa shape index (κ1) is 15.5. The maximum absolute atomic E-state index is 11.5. The largest absolute Gasteiger partial charge is 0.458 e. The molecule has 0 aliphatic rings. The Labute approximate surface area is 130 Å². The van der Waals surface area contributed by atoms with E-state index in [1.807, 2.05) is 56.3 Å². The highest BCUT2D eigenvalue weighted by Crippen LogP contribution is 2.23. The highest BCUT2D eigenvalue weighted by Gasteiger charge is 2.04. The molecule has 0 spiro atoms. The summed E-state index contributed by atoms with van der Waals surface area (Å²) in [6.07, 6.45) is 1.47. The van der Waals surface area contributed by atoms with Crippen LogP contribution in [0.1, 0.15) is 25.0 Å². The molecule has 22 heavy (non-hydrogen) atoms. The van der Waals surface area contributed by atoms with E-state index in [1.54, 1.807) is 6.07 Å². The van der Waals surface area contributed by atoms with Gasteiger partial charge in [0.05, 0.1) is 11.6 Å². The zero-order valence-electron chi connectivity index (χ0n) is 12.7. The Morgan fingerprint density at radius 3 is 2.45 bits per heavy atom. The Kier molecular flexibility index (Phi) is 5.11. The van der Waals surface area contributed by atoms with Crippen molar-refractivity contribution in [2.24, 2.45) is 0 Å². The lowest BCUT2D eigenvalue weighted by Gasteiger charge is -2.06. The van der Waals surface area contributed by atoms with Gasteiger partial charge in [-0.25, -0.2) is 4.79 Å². The van der Waals surface area contributed by atoms with Crippen molar-refractivity contribution in [3.63, 3.8) is 0 Å². The van der Waals surface area contributed by atoms with Crippen molar-refractivity contribution in [1.29, 1.82) is 5.26 Å². The predicted molar refractivity (Wildman–Crippen MR) is 85.8 cm³/mol. The first-order valence-electron chi connectivity index (χ1n) is 7.00. The van der Waals surface area contributed by atoms with Gasteiger partial charge in [0.2, 0.25) is 0 Å². The second-order valence-electron chi connectivity index (χ2n) is 5.18. The standard InChI is InChI=1S/C19H17NO2/c1-14(2)11-19(21)22-13-15-7-9-16(10-8-15)18-6-4-3-5-17(18)12-20/h3-11H,13H2,1-2H3. The van der Waals surface area contributed by atoms with E-state index < -0.39 is 0 Å². The van der Waals surface area contributed by atoms with Crippen LogP contribution in [0, 0.1) is 11.3 Å². The van der Waals surface area contributed by atoms with Crippen molar-refractivity contribution in [1.82, 2.24) is 0 Å². The van der Waals surface area contributed by atoms with Gasteiger partial charge in [-0.3, -0.25) is 0 Å². The van der Waals surface area contributed by atoms with Gasteiger partial charge in [-0.05, 0) is 36.6 Å². The molecule has 0 N–H and O–H groups in total. The van der Waals surface area contributed by atoms with Crippen molar-refractivity contribution >= 4 is 5.97 Å². The number of ether oxygens (including phenoxy) is 1. The second-order valence-corrected chi connectivity index (χ2v) is 5.18. The molecule has 3 nitrogen and oxygen atoms in total. The average Bonchev–Trinajstić information content (AvgIpc) is 2.53. The van der Waals surface area contributed by atoms with E-state index in [1.165, 1.54) is 6.08 Å². The van der Waals surface area contributed by atoms with E-state index in [0.717, 1.165) is 22.3 Å². The van der Waals surface area contributed by atoms with Crippen molar-refractivity contribution in [2.75, 3.05) is 0 Å². The Morgan fingerprint density at radius 1 is 1.14 bits per heavy atom. The number of rotatable bonds is 4. The third-order valence-corrected chi connectivity index (χ3v) is 3.10. The Bertz CT molecular complexity index is 733. The summed E-state index contributed by atoms with van der Waals surface area (Å²) in [5, 5.41) is 9.14. The molecule has 0 heterocycles. The summed E-state index contributed by atoms with van der Waals surface area (Å²) in [6.45, 7) is 3.94. The molecule has 0 aliphatic heterocycles. The van der Waals surface area contributed by atoms with Crippen LogP contribution in [-0.2, 0) is 16.1 Å². The van der Waals surface area contributed by atoms with E-state index in [-0.39, 0.29) is 12.6 Å². The molecule has 0 saturated heterocycles. The van der Waals surface area contributed by atoms with Crippen LogP contribution in [0.4, 0.5) is 0 Å². The van der Waals surface area contributed by atoms with Crippen molar-refractivity contribution in [3.8, 4) is 17.2 Å². The summed E-state index contributed by atoms with van der Waals surface area (Å²) in [5.41, 5.74) is 4.34. The van der Waals surface area contributed by atoms with Gasteiger partial charge in [-0.1, -0.05) is 48.0 Å². The number of allylic oxidation sites excluding steroid dienone is 1. The van der Waals surface area contributed by atoms with Crippen molar-refractivity contribution < 1.29 is 9.53 Å². The lowest BCUT2D eigenvalue weighted by Crippen LogP contribution is -2.01. The first-order chi connectivity index (χ1) is 10.6. The molecule has 0 saturated carbocycles. The fraction of sp³-hybridized carbons (Fsp3) is 0.158. The summed E-state index contributed by atoms with van der Waals surface area (Å²) in [5.74, 6) is -0.334. The van der Waals surface area contributed by atoms with E-state index in [9.17, 15) is 4.79 Å². The smallest absolute Gasteiger partial charge is 0.331 e. The zero-order chi connectivity index (χ0) is 15.9. The molecule has 0 radical (unpaired) electrons. The number of hydrogen-bond donors (Lipinski definition) is 0. The number of nitriles is 1. The molecule has 2 aromatic rings. The van der Waals surface area contributed by atoms with Crippen LogP contribution in [0.2, 0.25) is 0 Å². The number of esters is 1. The Balaban J connectivity index is 2.10. The van der Waals surface area contributed by atoms with Crippen LogP contribution in [0.25, 0.3) is 11.1 Å². The number of carbonyl (C=O) groups is 1. The average molecular weight is 291 g/mol. The Morgan fingerprint density at radius 2 is 1.82 bits per heavy atom. The number of hydrogen-bond acceptors (Lipinski definition) is 3. The van der Waals surface area contributed by atoms with Crippen LogP contribution in [-0.4, -0.2) is 5.97 Å². The third kappa shape index (κ3) is 4.07. The van der Waals surface area contributed by atoms with Gasteiger partial charge in [-0.2, -0.15) is 5.26 Å². The van der Waals surface area contributed by atoms with Crippen LogP contribution < -0.4 is 0 Å². The minimum Gasteiger partial charge on any atom is -0.458 e. The highest BCUT2D eigenvalue weighted by atomic mass is 16.5. The van der Waals surface area contributed by atoms with E-state index >= 15 is 0 Å². The number of carbonyl (C=O) groups excluding carboxylic acids is 1. The van der Waals surface area contributed by atoms with Gasteiger partial charge in [0.25, 0.3) is 0 Å². The molecule has 2 aromatic carbocycles. The monoisotopic (exact) mass is 291 g/mol. The summed E-state index contributed by atoms with van der Waals surface area (Å²) < 4.78 is 5.16. The molecule has 110 valence electrons. The van der Waals surface area contributed by atoms with Gasteiger partial charge in [0, 0.05) is 6.08 Å². The maximum atomic E-state index is 11.5. The minimum absolute atomic E-state index is 0.239. The van der Waals surface area contributed by atoms with Crippen LogP contribution in [0.3, 0.4) is 0 Å². The predicted octanol–water partition coefficient (Wildman–Crippen LogP) is 4.23. The molecular formula is C19H17NO2. The maximum Gasteiger partial charge on any atom is 0.331 e. The highest BCUT2D eigenvalue weighted by molar-refractivity contribution is 5.82. The van der Waals surface area contributed by atoms with Gasteiger partial charge >= 0.3 is 5.97 Å². The van der Waals surface area contributed by atoms with Crippen LogP contribution >= 0.6 is 0 Å². The van der Waals surface area contributed by atoms with Crippen LogP contribution in [0.5, 0.6) is 0 Å². The SMILES string of the molecule is CC(C)=CC(=O)OCc1ccc(-c2ccccc2C#N)cc1. The number of benzene rings is 2.